The van der Waals surface area contributed by atoms with Crippen molar-refractivity contribution in [2.45, 2.75) is 24.2 Å². The maximum atomic E-state index is 6.11. The molecule has 0 aliphatic heterocycles. The van der Waals surface area contributed by atoms with Crippen molar-refractivity contribution in [3.05, 3.63) is 64.7 Å². The maximum Gasteiger partial charge on any atom is 0.0336 e. The van der Waals surface area contributed by atoms with E-state index in [2.05, 4.69) is 61.5 Å². The fourth-order valence-corrected chi connectivity index (χ4v) is 4.60. The van der Waals surface area contributed by atoms with Gasteiger partial charge in [-0.3, -0.25) is 0 Å². The highest BCUT2D eigenvalue weighted by Gasteiger charge is 2.48. The number of rotatable bonds is 2. The van der Waals surface area contributed by atoms with E-state index in [4.69, 9.17) is 5.73 Å². The molecule has 0 saturated carbocycles. The third-order valence-corrected chi connectivity index (χ3v) is 5.27. The van der Waals surface area contributed by atoms with Crippen LogP contribution >= 0.6 is 0 Å². The number of benzene rings is 2. The largest absolute Gasteiger partial charge is 0.399 e. The Balaban J connectivity index is 2.02. The van der Waals surface area contributed by atoms with Crippen molar-refractivity contribution in [3.8, 4) is 0 Å². The van der Waals surface area contributed by atoms with Gasteiger partial charge in [0.15, 0.2) is 0 Å². The van der Waals surface area contributed by atoms with E-state index < -0.39 is 0 Å². The summed E-state index contributed by atoms with van der Waals surface area (Å²) in [5, 5.41) is 0. The van der Waals surface area contributed by atoms with Gasteiger partial charge in [-0.1, -0.05) is 30.3 Å². The van der Waals surface area contributed by atoms with Gasteiger partial charge in [-0.25, -0.2) is 0 Å². The third kappa shape index (κ3) is 1.69. The van der Waals surface area contributed by atoms with E-state index in [1.165, 1.54) is 35.1 Å². The number of anilines is 1. The monoisotopic (exact) mass is 278 g/mol. The lowest BCUT2D eigenvalue weighted by molar-refractivity contribution is 0.267. The van der Waals surface area contributed by atoms with Crippen LogP contribution in [0.5, 0.6) is 0 Å². The molecular weight excluding hydrogens is 256 g/mol. The molecule has 0 saturated heterocycles. The van der Waals surface area contributed by atoms with Gasteiger partial charge in [-0.15, -0.1) is 0 Å². The molecule has 2 unspecified atom stereocenters. The van der Waals surface area contributed by atoms with Crippen LogP contribution in [0.1, 0.15) is 41.0 Å². The highest BCUT2D eigenvalue weighted by atomic mass is 15.1. The van der Waals surface area contributed by atoms with E-state index in [0.717, 1.165) is 12.2 Å². The molecule has 2 nitrogen and oxygen atoms in total. The second kappa shape index (κ2) is 4.35. The van der Waals surface area contributed by atoms with Gasteiger partial charge < -0.3 is 10.6 Å². The summed E-state index contributed by atoms with van der Waals surface area (Å²) in [7, 11) is 4.34. The van der Waals surface area contributed by atoms with Crippen LogP contribution in [-0.4, -0.2) is 25.5 Å². The molecule has 108 valence electrons. The van der Waals surface area contributed by atoms with E-state index in [1.54, 1.807) is 0 Å². The smallest absolute Gasteiger partial charge is 0.0336 e. The van der Waals surface area contributed by atoms with Gasteiger partial charge in [0, 0.05) is 23.6 Å². The zero-order valence-corrected chi connectivity index (χ0v) is 12.8. The van der Waals surface area contributed by atoms with Gasteiger partial charge in [0.25, 0.3) is 0 Å². The van der Waals surface area contributed by atoms with Crippen LogP contribution in [0, 0.1) is 0 Å². The molecule has 3 aliphatic rings. The van der Waals surface area contributed by atoms with Crippen molar-refractivity contribution < 1.29 is 0 Å². The van der Waals surface area contributed by atoms with Crippen molar-refractivity contribution in [3.63, 3.8) is 0 Å². The summed E-state index contributed by atoms with van der Waals surface area (Å²) in [6.45, 7) is 1.05. The second-order valence-corrected chi connectivity index (χ2v) is 6.85. The number of likely N-dealkylation sites (N-methyl/N-ethyl adjacent to an activating group) is 1. The van der Waals surface area contributed by atoms with Gasteiger partial charge in [0.2, 0.25) is 0 Å². The van der Waals surface area contributed by atoms with Crippen molar-refractivity contribution in [1.29, 1.82) is 0 Å². The Labute approximate surface area is 126 Å². The molecule has 0 radical (unpaired) electrons. The van der Waals surface area contributed by atoms with E-state index >= 15 is 0 Å². The van der Waals surface area contributed by atoms with Crippen molar-refractivity contribution in [1.82, 2.24) is 4.90 Å². The predicted octanol–water partition coefficient (Wildman–Crippen LogP) is 3.36. The molecule has 2 aromatic rings. The molecule has 3 aliphatic carbocycles. The Morgan fingerprint density at radius 3 is 2.67 bits per heavy atom. The summed E-state index contributed by atoms with van der Waals surface area (Å²) in [4.78, 5) is 2.31. The SMILES string of the molecule is CN(C)CC12CCC(c3ccccc31)c1ccc(N)cc12. The molecule has 2 bridgehead atoms. The molecular formula is C19H22N2. The summed E-state index contributed by atoms with van der Waals surface area (Å²) < 4.78 is 0. The number of nitrogens with two attached hydrogens (primary N) is 1. The number of fused-ring (bicyclic) bond motifs is 1. The fourth-order valence-electron chi connectivity index (χ4n) is 4.60. The predicted molar refractivity (Wildman–Crippen MR) is 87.7 cm³/mol. The van der Waals surface area contributed by atoms with E-state index in [-0.39, 0.29) is 5.41 Å². The minimum atomic E-state index is 0.111. The van der Waals surface area contributed by atoms with Gasteiger partial charge in [0.05, 0.1) is 0 Å². The molecule has 2 heteroatoms. The second-order valence-electron chi connectivity index (χ2n) is 6.85. The molecule has 0 fully saturated rings. The molecule has 2 aromatic carbocycles. The first-order chi connectivity index (χ1) is 10.1. The number of hydrogen-bond donors (Lipinski definition) is 1. The molecule has 5 rings (SSSR count). The molecule has 0 aromatic heterocycles. The highest BCUT2D eigenvalue weighted by molar-refractivity contribution is 5.62. The average molecular weight is 278 g/mol. The topological polar surface area (TPSA) is 29.3 Å². The Bertz CT molecular complexity index is 704. The first-order valence-corrected chi connectivity index (χ1v) is 7.76. The normalized spacial score (nSPS) is 25.8. The average Bonchev–Trinajstić information content (AvgIpc) is 2.47. The molecule has 21 heavy (non-hydrogen) atoms. The number of nitrogen functional groups attached to an aromatic ring is 1. The highest BCUT2D eigenvalue weighted by Crippen LogP contribution is 2.56. The van der Waals surface area contributed by atoms with Gasteiger partial charge in [-0.2, -0.15) is 0 Å². The van der Waals surface area contributed by atoms with Crippen LogP contribution in [0.4, 0.5) is 5.69 Å². The molecule has 2 N–H and O–H groups in total. The van der Waals surface area contributed by atoms with Crippen molar-refractivity contribution in [2.24, 2.45) is 0 Å². The van der Waals surface area contributed by atoms with Crippen molar-refractivity contribution >= 4 is 5.69 Å². The Morgan fingerprint density at radius 2 is 1.86 bits per heavy atom. The van der Waals surface area contributed by atoms with E-state index in [9.17, 15) is 0 Å². The van der Waals surface area contributed by atoms with Gasteiger partial charge >= 0.3 is 0 Å². The quantitative estimate of drug-likeness (QED) is 0.854. The summed E-state index contributed by atoms with van der Waals surface area (Å²) in [5.74, 6) is 0.556. The molecule has 0 spiro atoms. The first-order valence-electron chi connectivity index (χ1n) is 7.76. The van der Waals surface area contributed by atoms with Crippen LogP contribution in [-0.2, 0) is 5.41 Å². The van der Waals surface area contributed by atoms with Gasteiger partial charge in [0.1, 0.15) is 0 Å². The maximum absolute atomic E-state index is 6.11. The molecule has 0 amide bonds. The Morgan fingerprint density at radius 1 is 1.10 bits per heavy atom. The third-order valence-electron chi connectivity index (χ3n) is 5.27. The minimum absolute atomic E-state index is 0.111. The Hall–Kier alpha value is -1.80. The zero-order chi connectivity index (χ0) is 14.6. The summed E-state index contributed by atoms with van der Waals surface area (Å²) in [6.07, 6.45) is 2.48. The first kappa shape index (κ1) is 12.9. The summed E-state index contributed by atoms with van der Waals surface area (Å²) >= 11 is 0. The van der Waals surface area contributed by atoms with E-state index in [1.807, 2.05) is 0 Å². The lowest BCUT2D eigenvalue weighted by Gasteiger charge is -2.50. The minimum Gasteiger partial charge on any atom is -0.399 e. The Kier molecular flexibility index (Phi) is 2.67. The number of hydrogen-bond acceptors (Lipinski definition) is 2. The molecule has 2 atom stereocenters. The number of nitrogens with zero attached hydrogens (tertiary/aromatic N) is 1. The van der Waals surface area contributed by atoms with Crippen LogP contribution in [0.2, 0.25) is 0 Å². The van der Waals surface area contributed by atoms with Gasteiger partial charge in [-0.05, 0) is 61.3 Å². The standard InChI is InChI=1S/C19H22N2/c1-21(2)12-19-10-9-14(15-5-3-4-6-17(15)19)16-8-7-13(20)11-18(16)19/h3-8,11,14H,9-10,12,20H2,1-2H3. The lowest BCUT2D eigenvalue weighted by atomic mass is 9.55. The van der Waals surface area contributed by atoms with Crippen LogP contribution in [0.25, 0.3) is 0 Å². The van der Waals surface area contributed by atoms with Crippen LogP contribution < -0.4 is 5.73 Å². The van der Waals surface area contributed by atoms with Crippen molar-refractivity contribution in [2.75, 3.05) is 26.4 Å². The lowest BCUT2D eigenvalue weighted by Crippen LogP contribution is -2.46. The summed E-state index contributed by atoms with van der Waals surface area (Å²) in [6, 6.07) is 15.6. The molecule has 0 heterocycles. The van der Waals surface area contributed by atoms with E-state index in [0.29, 0.717) is 5.92 Å². The van der Waals surface area contributed by atoms with Crippen LogP contribution in [0.15, 0.2) is 42.5 Å². The van der Waals surface area contributed by atoms with Crippen LogP contribution in [0.3, 0.4) is 0 Å². The fraction of sp³-hybridized carbons (Fsp3) is 0.368. The summed E-state index contributed by atoms with van der Waals surface area (Å²) in [5.41, 5.74) is 13.1. The zero-order valence-electron chi connectivity index (χ0n) is 12.8.